The van der Waals surface area contributed by atoms with Crippen LogP contribution < -0.4 is 10.6 Å². The highest BCUT2D eigenvalue weighted by atomic mass is 16.1. The van der Waals surface area contributed by atoms with Crippen LogP contribution in [0.15, 0.2) is 41.3 Å². The van der Waals surface area contributed by atoms with Crippen LogP contribution in [0, 0.1) is 0 Å². The average Bonchev–Trinajstić information content (AvgIpc) is 3.39. The van der Waals surface area contributed by atoms with E-state index in [0.29, 0.717) is 6.04 Å². The number of aryl methyl sites for hydroxylation is 1. The minimum atomic E-state index is -0.116. The number of aromatic nitrogens is 4. The van der Waals surface area contributed by atoms with Gasteiger partial charge in [-0.05, 0) is 56.3 Å². The molecule has 4 heterocycles. The lowest BCUT2D eigenvalue weighted by atomic mass is 10.0. The van der Waals surface area contributed by atoms with Crippen LogP contribution in [0.2, 0.25) is 0 Å². The first-order valence-corrected chi connectivity index (χ1v) is 11.2. The molecule has 0 unspecified atom stereocenters. The van der Waals surface area contributed by atoms with E-state index in [1.807, 2.05) is 12.3 Å². The number of nitrogens with one attached hydrogen (secondary N) is 1. The molecule has 0 radical (unpaired) electrons. The van der Waals surface area contributed by atoms with Gasteiger partial charge in [0.05, 0.1) is 22.2 Å². The second kappa shape index (κ2) is 7.74. The molecule has 0 saturated carbocycles. The standard InChI is InChI=1S/C25H30N6O/c1-15(2)22-24-23(28-25(32)30(24)5)19-12-16(6-8-20(19)27-22)17-7-9-21(26-13-17)31-11-10-18(14-31)29(3)4/h6-9,12-13,15,18H,10-11,14H2,1-5H3,(H,28,32)/t18-/m0/s1. The van der Waals surface area contributed by atoms with Crippen LogP contribution >= 0.6 is 0 Å². The molecule has 32 heavy (non-hydrogen) atoms. The van der Waals surface area contributed by atoms with Crippen molar-refractivity contribution in [3.05, 3.63) is 52.7 Å². The maximum absolute atomic E-state index is 12.4. The smallest absolute Gasteiger partial charge is 0.326 e. The zero-order valence-corrected chi connectivity index (χ0v) is 19.4. The van der Waals surface area contributed by atoms with E-state index in [-0.39, 0.29) is 11.6 Å². The summed E-state index contributed by atoms with van der Waals surface area (Å²) >= 11 is 0. The van der Waals surface area contributed by atoms with Crippen molar-refractivity contribution in [3.8, 4) is 11.1 Å². The SMILES string of the molecule is CC(C)c1nc2ccc(-c3ccc(N4CC[C@H](N(C)C)C4)nc3)cc2c2[nH]c(=O)n(C)c12. The van der Waals surface area contributed by atoms with Crippen LogP contribution in [-0.4, -0.2) is 57.6 Å². The van der Waals surface area contributed by atoms with Gasteiger partial charge in [0.2, 0.25) is 0 Å². The Hall–Kier alpha value is -3.19. The molecule has 0 bridgehead atoms. The number of likely N-dealkylation sites (N-methyl/N-ethyl adjacent to an activating group) is 1. The quantitative estimate of drug-likeness (QED) is 0.534. The van der Waals surface area contributed by atoms with E-state index in [4.69, 9.17) is 9.97 Å². The summed E-state index contributed by atoms with van der Waals surface area (Å²) in [7, 11) is 6.08. The molecular formula is C25H30N6O. The Bertz CT molecular complexity index is 1350. The first-order valence-electron chi connectivity index (χ1n) is 11.2. The van der Waals surface area contributed by atoms with E-state index in [9.17, 15) is 4.79 Å². The van der Waals surface area contributed by atoms with E-state index < -0.39 is 0 Å². The molecule has 1 aliphatic heterocycles. The van der Waals surface area contributed by atoms with E-state index in [1.165, 1.54) is 0 Å². The van der Waals surface area contributed by atoms with Crippen LogP contribution in [0.1, 0.15) is 31.9 Å². The molecule has 1 saturated heterocycles. The van der Waals surface area contributed by atoms with Gasteiger partial charge in [0.25, 0.3) is 0 Å². The number of anilines is 1. The monoisotopic (exact) mass is 430 g/mol. The molecule has 1 fully saturated rings. The fraction of sp³-hybridized carbons (Fsp3) is 0.400. The van der Waals surface area contributed by atoms with Crippen LogP contribution in [0.25, 0.3) is 33.1 Å². The van der Waals surface area contributed by atoms with Crippen molar-refractivity contribution >= 4 is 27.8 Å². The van der Waals surface area contributed by atoms with Crippen LogP contribution in [0.3, 0.4) is 0 Å². The predicted molar refractivity (Wildman–Crippen MR) is 130 cm³/mol. The lowest BCUT2D eigenvalue weighted by molar-refractivity contribution is 0.315. The number of hydrogen-bond donors (Lipinski definition) is 1. The van der Waals surface area contributed by atoms with Crippen molar-refractivity contribution < 1.29 is 0 Å². The van der Waals surface area contributed by atoms with Crippen LogP contribution in [0.4, 0.5) is 5.82 Å². The van der Waals surface area contributed by atoms with Crippen molar-refractivity contribution in [3.63, 3.8) is 0 Å². The average molecular weight is 431 g/mol. The Balaban J connectivity index is 1.54. The topological polar surface area (TPSA) is 70.1 Å². The number of pyridine rings is 2. The molecule has 3 aromatic heterocycles. The van der Waals surface area contributed by atoms with E-state index >= 15 is 0 Å². The number of rotatable bonds is 4. The zero-order chi connectivity index (χ0) is 22.6. The number of H-pyrrole nitrogens is 1. The van der Waals surface area contributed by atoms with Gasteiger partial charge in [0.1, 0.15) is 5.82 Å². The third kappa shape index (κ3) is 3.37. The largest absolute Gasteiger partial charge is 0.355 e. The second-order valence-electron chi connectivity index (χ2n) is 9.35. The number of nitrogens with zero attached hydrogens (tertiary/aromatic N) is 5. The molecule has 7 heteroatoms. The third-order valence-corrected chi connectivity index (χ3v) is 6.70. The van der Waals surface area contributed by atoms with Gasteiger partial charge < -0.3 is 14.8 Å². The maximum Gasteiger partial charge on any atom is 0.326 e. The summed E-state index contributed by atoms with van der Waals surface area (Å²) in [6.45, 7) is 6.26. The van der Waals surface area contributed by atoms with E-state index in [0.717, 1.165) is 64.1 Å². The lowest BCUT2D eigenvalue weighted by Crippen LogP contribution is -2.31. The molecule has 7 nitrogen and oxygen atoms in total. The molecule has 5 rings (SSSR count). The normalized spacial score (nSPS) is 16.8. The number of fused-ring (bicyclic) bond motifs is 3. The van der Waals surface area contributed by atoms with Gasteiger partial charge in [-0.15, -0.1) is 0 Å². The highest BCUT2D eigenvalue weighted by Crippen LogP contribution is 2.32. The fourth-order valence-corrected chi connectivity index (χ4v) is 4.73. The summed E-state index contributed by atoms with van der Waals surface area (Å²) in [5.41, 5.74) is 5.57. The first kappa shape index (κ1) is 20.7. The van der Waals surface area contributed by atoms with Crippen molar-refractivity contribution in [2.45, 2.75) is 32.2 Å². The zero-order valence-electron chi connectivity index (χ0n) is 19.4. The summed E-state index contributed by atoms with van der Waals surface area (Å²) < 4.78 is 1.66. The van der Waals surface area contributed by atoms with Gasteiger partial charge in [-0.25, -0.2) is 9.78 Å². The van der Waals surface area contributed by atoms with Crippen LogP contribution in [0.5, 0.6) is 0 Å². The van der Waals surface area contributed by atoms with Crippen molar-refractivity contribution in [1.82, 2.24) is 24.4 Å². The molecule has 0 spiro atoms. The second-order valence-corrected chi connectivity index (χ2v) is 9.35. The molecule has 166 valence electrons. The van der Waals surface area contributed by atoms with Gasteiger partial charge in [-0.2, -0.15) is 0 Å². The van der Waals surface area contributed by atoms with Gasteiger partial charge in [0, 0.05) is 43.3 Å². The molecule has 1 N–H and O–H groups in total. The molecule has 1 atom stereocenters. The predicted octanol–water partition coefficient (Wildman–Crippen LogP) is 3.74. The molecule has 0 amide bonds. The highest BCUT2D eigenvalue weighted by Gasteiger charge is 2.24. The number of aromatic amines is 1. The highest BCUT2D eigenvalue weighted by molar-refractivity contribution is 6.04. The number of hydrogen-bond acceptors (Lipinski definition) is 5. The van der Waals surface area contributed by atoms with Crippen LogP contribution in [-0.2, 0) is 7.05 Å². The third-order valence-electron chi connectivity index (χ3n) is 6.70. The maximum atomic E-state index is 12.4. The van der Waals surface area contributed by atoms with Crippen molar-refractivity contribution in [2.75, 3.05) is 32.1 Å². The Labute approximate surface area is 187 Å². The summed E-state index contributed by atoms with van der Waals surface area (Å²) in [4.78, 5) is 29.7. The Morgan fingerprint density at radius 3 is 2.59 bits per heavy atom. The van der Waals surface area contributed by atoms with E-state index in [1.54, 1.807) is 11.6 Å². The number of imidazole rings is 1. The van der Waals surface area contributed by atoms with Gasteiger partial charge in [-0.3, -0.25) is 9.55 Å². The Kier molecular flexibility index (Phi) is 5.01. The van der Waals surface area contributed by atoms with Gasteiger partial charge >= 0.3 is 5.69 Å². The molecule has 1 aliphatic rings. The van der Waals surface area contributed by atoms with Crippen molar-refractivity contribution in [2.24, 2.45) is 7.05 Å². The fourth-order valence-electron chi connectivity index (χ4n) is 4.73. The summed E-state index contributed by atoms with van der Waals surface area (Å²) in [6, 6.07) is 11.1. The van der Waals surface area contributed by atoms with Gasteiger partial charge in [0.15, 0.2) is 0 Å². The minimum Gasteiger partial charge on any atom is -0.355 e. The molecule has 1 aromatic carbocycles. The van der Waals surface area contributed by atoms with Gasteiger partial charge in [-0.1, -0.05) is 19.9 Å². The summed E-state index contributed by atoms with van der Waals surface area (Å²) in [5, 5.41) is 0.956. The summed E-state index contributed by atoms with van der Waals surface area (Å²) in [5.74, 6) is 1.24. The molecule has 0 aliphatic carbocycles. The molecule has 4 aromatic rings. The lowest BCUT2D eigenvalue weighted by Gasteiger charge is -2.21. The Morgan fingerprint density at radius 1 is 1.16 bits per heavy atom. The van der Waals surface area contributed by atoms with E-state index in [2.05, 4.69) is 67.0 Å². The molecular weight excluding hydrogens is 400 g/mol. The summed E-state index contributed by atoms with van der Waals surface area (Å²) in [6.07, 6.45) is 3.11. The number of benzene rings is 1. The van der Waals surface area contributed by atoms with Crippen molar-refractivity contribution in [1.29, 1.82) is 0 Å². The Morgan fingerprint density at radius 2 is 1.94 bits per heavy atom. The minimum absolute atomic E-state index is 0.116. The first-order chi connectivity index (χ1) is 15.3.